The summed E-state index contributed by atoms with van der Waals surface area (Å²) >= 11 is 0. The van der Waals surface area contributed by atoms with E-state index in [1.54, 1.807) is 17.3 Å². The highest BCUT2D eigenvalue weighted by Gasteiger charge is 2.34. The van der Waals surface area contributed by atoms with Crippen LogP contribution in [0.25, 0.3) is 0 Å². The van der Waals surface area contributed by atoms with Crippen molar-refractivity contribution in [2.45, 2.75) is 19.1 Å². The summed E-state index contributed by atoms with van der Waals surface area (Å²) in [5.74, 6) is -3.25. The first-order valence-corrected chi connectivity index (χ1v) is 10.9. The third-order valence-corrected chi connectivity index (χ3v) is 5.52. The Labute approximate surface area is 198 Å². The molecule has 2 fully saturated rings. The number of hydroxylamine groups is 2. The minimum Gasteiger partial charge on any atom is -0.442 e. The molecule has 13 heteroatoms. The lowest BCUT2D eigenvalue weighted by atomic mass is 10.2. The van der Waals surface area contributed by atoms with E-state index in [4.69, 9.17) is 9.57 Å². The molecule has 0 radical (unpaired) electrons. The van der Waals surface area contributed by atoms with Crippen LogP contribution in [0.5, 0.6) is 0 Å². The van der Waals surface area contributed by atoms with Gasteiger partial charge in [0.15, 0.2) is 11.6 Å². The number of anilines is 2. The Hall–Kier alpha value is -3.45. The summed E-state index contributed by atoms with van der Waals surface area (Å²) in [6.07, 6.45) is -3.38. The Morgan fingerprint density at radius 1 is 1.17 bits per heavy atom. The number of ether oxygens (including phenoxy) is 1. The molecule has 1 N–H and O–H groups in total. The van der Waals surface area contributed by atoms with Crippen LogP contribution >= 0.6 is 0 Å². The van der Waals surface area contributed by atoms with Gasteiger partial charge in [0.1, 0.15) is 11.8 Å². The van der Waals surface area contributed by atoms with Crippen molar-refractivity contribution in [3.05, 3.63) is 53.9 Å². The number of aromatic nitrogens is 1. The number of benzene rings is 1. The van der Waals surface area contributed by atoms with Crippen molar-refractivity contribution >= 4 is 23.4 Å². The van der Waals surface area contributed by atoms with Crippen molar-refractivity contribution in [1.82, 2.24) is 15.4 Å². The van der Waals surface area contributed by atoms with E-state index in [0.29, 0.717) is 13.1 Å². The van der Waals surface area contributed by atoms with Crippen LogP contribution in [0, 0.1) is 11.6 Å². The van der Waals surface area contributed by atoms with Gasteiger partial charge in [-0.3, -0.25) is 19.5 Å². The number of cyclic esters (lactones) is 1. The number of pyridine rings is 1. The van der Waals surface area contributed by atoms with Crippen molar-refractivity contribution < 1.29 is 36.7 Å². The van der Waals surface area contributed by atoms with Gasteiger partial charge in [0.2, 0.25) is 0 Å². The molecule has 0 saturated carbocycles. The molecule has 0 aliphatic carbocycles. The van der Waals surface area contributed by atoms with Crippen molar-refractivity contribution in [1.29, 1.82) is 0 Å². The highest BCUT2D eigenvalue weighted by atomic mass is 19.3. The molecule has 1 atom stereocenters. The fourth-order valence-corrected chi connectivity index (χ4v) is 3.85. The molecule has 1 aromatic carbocycles. The molecule has 2 aromatic rings. The molecule has 2 aliphatic rings. The van der Waals surface area contributed by atoms with E-state index < -0.39 is 36.2 Å². The number of nitrogens with one attached hydrogen (secondary N) is 1. The number of nitrogens with zero attached hydrogens (tertiary/aromatic N) is 4. The van der Waals surface area contributed by atoms with Crippen LogP contribution in [0.4, 0.5) is 33.7 Å². The fourth-order valence-electron chi connectivity index (χ4n) is 3.85. The molecule has 4 rings (SSSR count). The highest BCUT2D eigenvalue weighted by molar-refractivity contribution is 5.90. The number of amides is 2. The number of carbonyl (C=O) groups is 2. The molecular weight excluding hydrogens is 474 g/mol. The van der Waals surface area contributed by atoms with Crippen LogP contribution in [0.15, 0.2) is 36.5 Å². The van der Waals surface area contributed by atoms with Crippen LogP contribution in [-0.4, -0.2) is 73.9 Å². The minimum absolute atomic E-state index is 0.0840. The molecule has 2 amide bonds. The second kappa shape index (κ2) is 10.9. The SMILES string of the molecule is O=C(NCC1CN(c2cc(F)c(N3CCON(Cc4ccccn4)CC3)c(F)c2)C(=O)O1)C(F)F. The molecular formula is C22H23F4N5O4. The molecule has 2 aliphatic heterocycles. The van der Waals surface area contributed by atoms with Crippen LogP contribution in [-0.2, 0) is 20.9 Å². The van der Waals surface area contributed by atoms with Gasteiger partial charge < -0.3 is 15.0 Å². The summed E-state index contributed by atoms with van der Waals surface area (Å²) in [6, 6.07) is 7.53. The van der Waals surface area contributed by atoms with E-state index in [9.17, 15) is 18.4 Å². The maximum atomic E-state index is 15.0. The van der Waals surface area contributed by atoms with E-state index in [0.717, 1.165) is 22.7 Å². The van der Waals surface area contributed by atoms with Crippen LogP contribution in [0.1, 0.15) is 5.69 Å². The number of alkyl halides is 2. The number of rotatable bonds is 7. The maximum Gasteiger partial charge on any atom is 0.414 e. The summed E-state index contributed by atoms with van der Waals surface area (Å²) in [5.41, 5.74) is 0.469. The number of hydrogen-bond acceptors (Lipinski definition) is 7. The van der Waals surface area contributed by atoms with Crippen molar-refractivity contribution in [2.24, 2.45) is 0 Å². The Kier molecular flexibility index (Phi) is 7.66. The lowest BCUT2D eigenvalue weighted by molar-refractivity contribution is -0.155. The average molecular weight is 497 g/mol. The van der Waals surface area contributed by atoms with Gasteiger partial charge >= 0.3 is 12.5 Å². The van der Waals surface area contributed by atoms with Crippen molar-refractivity contribution in [2.75, 3.05) is 49.1 Å². The number of carbonyl (C=O) groups excluding carboxylic acids is 2. The largest absolute Gasteiger partial charge is 0.442 e. The van der Waals surface area contributed by atoms with Gasteiger partial charge in [-0.2, -0.15) is 13.8 Å². The van der Waals surface area contributed by atoms with Crippen molar-refractivity contribution in [3.63, 3.8) is 0 Å². The monoisotopic (exact) mass is 497 g/mol. The number of hydrogen-bond donors (Lipinski definition) is 1. The quantitative estimate of drug-likeness (QED) is 0.588. The Balaban J connectivity index is 1.40. The van der Waals surface area contributed by atoms with E-state index >= 15 is 8.78 Å². The summed E-state index contributed by atoms with van der Waals surface area (Å²) < 4.78 is 59.7. The second-order valence-electron chi connectivity index (χ2n) is 7.93. The Morgan fingerprint density at radius 2 is 1.94 bits per heavy atom. The molecule has 2 saturated heterocycles. The molecule has 1 unspecified atom stereocenters. The topological polar surface area (TPSA) is 87.2 Å². The number of halogens is 4. The van der Waals surface area contributed by atoms with Crippen LogP contribution in [0.3, 0.4) is 0 Å². The van der Waals surface area contributed by atoms with E-state index in [1.165, 1.54) is 4.90 Å². The third kappa shape index (κ3) is 5.98. The third-order valence-electron chi connectivity index (χ3n) is 5.52. The standard InChI is InChI=1S/C22H23F4N5O4/c23-17-9-15(31-13-16(35-22(31)33)11-28-21(32)20(25)26)10-18(24)19(17)29-5-6-30(34-8-7-29)12-14-3-1-2-4-27-14/h1-4,9-10,16,20H,5-8,11-13H2,(H,28,32). The predicted molar refractivity (Wildman–Crippen MR) is 116 cm³/mol. The summed E-state index contributed by atoms with van der Waals surface area (Å²) in [4.78, 5) is 35.6. The van der Waals surface area contributed by atoms with Gasteiger partial charge in [-0.1, -0.05) is 6.07 Å². The second-order valence-corrected chi connectivity index (χ2v) is 7.93. The molecule has 3 heterocycles. The Bertz CT molecular complexity index is 1040. The van der Waals surface area contributed by atoms with Crippen LogP contribution < -0.4 is 15.1 Å². The van der Waals surface area contributed by atoms with Gasteiger partial charge in [0.25, 0.3) is 5.91 Å². The summed E-state index contributed by atoms with van der Waals surface area (Å²) in [5, 5.41) is 3.63. The van der Waals surface area contributed by atoms with E-state index in [2.05, 4.69) is 4.98 Å². The van der Waals surface area contributed by atoms with Gasteiger partial charge in [-0.25, -0.2) is 13.6 Å². The molecule has 0 bridgehead atoms. The molecule has 35 heavy (non-hydrogen) atoms. The van der Waals surface area contributed by atoms with Gasteiger partial charge in [0, 0.05) is 38.0 Å². The van der Waals surface area contributed by atoms with Crippen LogP contribution in [0.2, 0.25) is 0 Å². The molecule has 9 nitrogen and oxygen atoms in total. The predicted octanol–water partition coefficient (Wildman–Crippen LogP) is 2.32. The van der Waals surface area contributed by atoms with Gasteiger partial charge in [0.05, 0.1) is 37.6 Å². The minimum atomic E-state index is -3.20. The average Bonchev–Trinajstić information content (AvgIpc) is 3.05. The lowest BCUT2D eigenvalue weighted by Crippen LogP contribution is -2.37. The van der Waals surface area contributed by atoms with Crippen molar-refractivity contribution in [3.8, 4) is 0 Å². The van der Waals surface area contributed by atoms with E-state index in [1.807, 2.05) is 17.4 Å². The lowest BCUT2D eigenvalue weighted by Gasteiger charge is -2.24. The zero-order valence-corrected chi connectivity index (χ0v) is 18.5. The maximum absolute atomic E-state index is 15.0. The highest BCUT2D eigenvalue weighted by Crippen LogP contribution is 2.31. The van der Waals surface area contributed by atoms with Gasteiger partial charge in [-0.05, 0) is 12.1 Å². The molecule has 188 valence electrons. The van der Waals surface area contributed by atoms with E-state index in [-0.39, 0.29) is 44.2 Å². The fraction of sp³-hybridized carbons (Fsp3) is 0.409. The first-order chi connectivity index (χ1) is 16.8. The normalized spacial score (nSPS) is 19.1. The summed E-state index contributed by atoms with van der Waals surface area (Å²) in [6.45, 7) is 1.02. The summed E-state index contributed by atoms with van der Waals surface area (Å²) in [7, 11) is 0. The smallest absolute Gasteiger partial charge is 0.414 e. The molecule has 0 spiro atoms. The Morgan fingerprint density at radius 3 is 2.63 bits per heavy atom. The first kappa shape index (κ1) is 24.7. The zero-order chi connectivity index (χ0) is 24.9. The molecule has 1 aromatic heterocycles. The first-order valence-electron chi connectivity index (χ1n) is 10.9. The zero-order valence-electron chi connectivity index (χ0n) is 18.5. The van der Waals surface area contributed by atoms with Gasteiger partial charge in [-0.15, -0.1) is 0 Å².